The van der Waals surface area contributed by atoms with Gasteiger partial charge >= 0.3 is 5.97 Å². The number of hydrogen-bond acceptors (Lipinski definition) is 6. The number of rotatable bonds is 5. The molecule has 32 heavy (non-hydrogen) atoms. The molecule has 0 bridgehead atoms. The number of carbonyl (C=O) groups excluding carboxylic acids is 1. The summed E-state index contributed by atoms with van der Waals surface area (Å²) in [5.41, 5.74) is 0.570. The number of methoxy groups -OCH3 is 1. The number of carbonyl (C=O) groups is 1. The molecule has 1 atom stereocenters. The molecule has 0 aliphatic rings. The lowest BCUT2D eigenvalue weighted by Crippen LogP contribution is -2.29. The Hall–Kier alpha value is -2.71. The second-order valence-electron chi connectivity index (χ2n) is 8.18. The molecule has 0 amide bonds. The molecule has 0 aliphatic carbocycles. The van der Waals surface area contributed by atoms with Crippen molar-refractivity contribution < 1.29 is 14.3 Å². The van der Waals surface area contributed by atoms with Crippen LogP contribution in [0.2, 0.25) is 5.02 Å². The van der Waals surface area contributed by atoms with Gasteiger partial charge in [-0.05, 0) is 48.9 Å². The van der Waals surface area contributed by atoms with Gasteiger partial charge in [0.25, 0.3) is 5.56 Å². The summed E-state index contributed by atoms with van der Waals surface area (Å²) in [5, 5.41) is 5.18. The molecule has 0 saturated heterocycles. The summed E-state index contributed by atoms with van der Waals surface area (Å²) in [7, 11) is 1.29. The van der Waals surface area contributed by atoms with Gasteiger partial charge in [-0.15, -0.1) is 0 Å². The summed E-state index contributed by atoms with van der Waals surface area (Å²) < 4.78 is 12.3. The molecular formula is C23H23BrClN3O4. The van der Waals surface area contributed by atoms with E-state index in [0.717, 1.165) is 4.47 Å². The van der Waals surface area contributed by atoms with Crippen LogP contribution in [-0.2, 0) is 14.9 Å². The monoisotopic (exact) mass is 519 g/mol. The van der Waals surface area contributed by atoms with E-state index in [1.165, 1.54) is 18.0 Å². The fourth-order valence-electron chi connectivity index (χ4n) is 2.96. The predicted molar refractivity (Wildman–Crippen MR) is 129 cm³/mol. The number of nitrogens with zero attached hydrogens (tertiary/aromatic N) is 3. The van der Waals surface area contributed by atoms with E-state index in [0.29, 0.717) is 33.1 Å². The number of esters is 1. The van der Waals surface area contributed by atoms with Crippen LogP contribution in [0.15, 0.2) is 50.8 Å². The molecule has 9 heteroatoms. The Morgan fingerprint density at radius 2 is 1.97 bits per heavy atom. The second-order valence-corrected chi connectivity index (χ2v) is 9.50. The molecule has 0 saturated carbocycles. The highest BCUT2D eigenvalue weighted by atomic mass is 79.9. The van der Waals surface area contributed by atoms with Gasteiger partial charge in [-0.25, -0.2) is 9.78 Å². The first-order chi connectivity index (χ1) is 15.0. The molecule has 3 rings (SSSR count). The van der Waals surface area contributed by atoms with Crippen LogP contribution in [0.25, 0.3) is 10.9 Å². The van der Waals surface area contributed by atoms with Gasteiger partial charge in [0.1, 0.15) is 11.6 Å². The fourth-order valence-corrected chi connectivity index (χ4v) is 3.56. The van der Waals surface area contributed by atoms with Gasteiger partial charge in [0.15, 0.2) is 6.10 Å². The number of fused-ring (bicyclic) bond motifs is 1. The first-order valence-electron chi connectivity index (χ1n) is 9.82. The van der Waals surface area contributed by atoms with Crippen molar-refractivity contribution in [3.63, 3.8) is 0 Å². The van der Waals surface area contributed by atoms with E-state index in [2.05, 4.69) is 30.8 Å². The van der Waals surface area contributed by atoms with Crippen LogP contribution in [0.3, 0.4) is 0 Å². The van der Waals surface area contributed by atoms with Crippen LogP contribution < -0.4 is 10.3 Å². The van der Waals surface area contributed by atoms with Gasteiger partial charge in [0.05, 0.1) is 29.2 Å². The van der Waals surface area contributed by atoms with Gasteiger partial charge in [0.2, 0.25) is 0 Å². The number of hydrogen-bond donors (Lipinski definition) is 0. The first kappa shape index (κ1) is 23.9. The van der Waals surface area contributed by atoms with Crippen molar-refractivity contribution in [2.24, 2.45) is 5.10 Å². The average molecular weight is 521 g/mol. The van der Waals surface area contributed by atoms with Crippen molar-refractivity contribution >= 4 is 50.6 Å². The topological polar surface area (TPSA) is 82.8 Å². The zero-order valence-electron chi connectivity index (χ0n) is 18.3. The molecule has 1 aromatic heterocycles. The third-order valence-corrected chi connectivity index (χ3v) is 5.38. The van der Waals surface area contributed by atoms with Crippen molar-refractivity contribution in [1.82, 2.24) is 9.66 Å². The Bertz CT molecular complexity index is 1260. The molecule has 0 spiro atoms. The molecule has 0 aliphatic heterocycles. The lowest BCUT2D eigenvalue weighted by Gasteiger charge is -2.20. The summed E-state index contributed by atoms with van der Waals surface area (Å²) in [5.74, 6) is 0.370. The van der Waals surface area contributed by atoms with Crippen molar-refractivity contribution in [2.45, 2.75) is 39.2 Å². The third-order valence-electron chi connectivity index (χ3n) is 4.59. The minimum absolute atomic E-state index is 0.268. The molecule has 0 unspecified atom stereocenters. The Morgan fingerprint density at radius 1 is 1.25 bits per heavy atom. The zero-order valence-corrected chi connectivity index (χ0v) is 20.7. The summed E-state index contributed by atoms with van der Waals surface area (Å²) in [6.07, 6.45) is 0.731. The van der Waals surface area contributed by atoms with Crippen LogP contribution in [0.1, 0.15) is 39.1 Å². The number of ether oxygens (including phenoxy) is 2. The van der Waals surface area contributed by atoms with Crippen molar-refractivity contribution in [3.05, 3.63) is 67.6 Å². The number of aromatic nitrogens is 2. The zero-order chi connectivity index (χ0) is 23.6. The van der Waals surface area contributed by atoms with Crippen LogP contribution in [0.4, 0.5) is 0 Å². The van der Waals surface area contributed by atoms with Gasteiger partial charge in [0, 0.05) is 9.89 Å². The fraction of sp³-hybridized carbons (Fsp3) is 0.304. The molecule has 0 fully saturated rings. The Morgan fingerprint density at radius 3 is 2.59 bits per heavy atom. The molecule has 0 radical (unpaired) electrons. The summed E-state index contributed by atoms with van der Waals surface area (Å²) in [6.45, 7) is 7.48. The van der Waals surface area contributed by atoms with Gasteiger partial charge in [-0.3, -0.25) is 4.79 Å². The van der Waals surface area contributed by atoms with E-state index in [9.17, 15) is 9.59 Å². The maximum Gasteiger partial charge on any atom is 0.346 e. The normalized spacial score (nSPS) is 12.8. The third kappa shape index (κ3) is 5.19. The maximum absolute atomic E-state index is 13.2. The Balaban J connectivity index is 2.01. The average Bonchev–Trinajstić information content (AvgIpc) is 2.73. The molecule has 7 nitrogen and oxygen atoms in total. The highest BCUT2D eigenvalue weighted by molar-refractivity contribution is 9.10. The van der Waals surface area contributed by atoms with E-state index in [1.54, 1.807) is 37.3 Å². The standard InChI is InChI=1S/C23H23BrClN3O4/c1-13(21(30)31-5)32-19-9-6-14(10-17(19)25)12-26-28-20(29)16-11-15(24)7-8-18(16)27-22(28)23(2,3)4/h6-13H,1-5H3/t13-/m1/s1. The highest BCUT2D eigenvalue weighted by Crippen LogP contribution is 2.27. The lowest BCUT2D eigenvalue weighted by atomic mass is 9.95. The Kier molecular flexibility index (Phi) is 7.05. The van der Waals surface area contributed by atoms with Crippen molar-refractivity contribution in [1.29, 1.82) is 0 Å². The molecular weight excluding hydrogens is 498 g/mol. The predicted octanol–water partition coefficient (Wildman–Crippen LogP) is 4.93. The second kappa shape index (κ2) is 9.42. The van der Waals surface area contributed by atoms with E-state index < -0.39 is 17.5 Å². The van der Waals surface area contributed by atoms with Crippen molar-refractivity contribution in [2.75, 3.05) is 7.11 Å². The lowest BCUT2D eigenvalue weighted by molar-refractivity contribution is -0.147. The van der Waals surface area contributed by atoms with Gasteiger partial charge < -0.3 is 9.47 Å². The minimum Gasteiger partial charge on any atom is -0.477 e. The molecule has 0 N–H and O–H groups in total. The van der Waals surface area contributed by atoms with Crippen LogP contribution in [0.5, 0.6) is 5.75 Å². The van der Waals surface area contributed by atoms with Crippen LogP contribution in [-0.4, -0.2) is 35.1 Å². The maximum atomic E-state index is 13.2. The molecule has 168 valence electrons. The van der Waals surface area contributed by atoms with Gasteiger partial charge in [-0.2, -0.15) is 9.78 Å². The van der Waals surface area contributed by atoms with E-state index >= 15 is 0 Å². The number of halogens is 2. The highest BCUT2D eigenvalue weighted by Gasteiger charge is 2.23. The minimum atomic E-state index is -0.798. The first-order valence-corrected chi connectivity index (χ1v) is 11.0. The smallest absolute Gasteiger partial charge is 0.346 e. The van der Waals surface area contributed by atoms with Crippen molar-refractivity contribution in [3.8, 4) is 5.75 Å². The van der Waals surface area contributed by atoms with E-state index in [4.69, 9.17) is 16.3 Å². The van der Waals surface area contributed by atoms with Gasteiger partial charge in [-0.1, -0.05) is 48.3 Å². The van der Waals surface area contributed by atoms with Crippen LogP contribution in [0, 0.1) is 0 Å². The number of benzene rings is 2. The molecule has 2 aromatic carbocycles. The molecule has 1 heterocycles. The molecule has 3 aromatic rings. The quantitative estimate of drug-likeness (QED) is 0.352. The summed E-state index contributed by atoms with van der Waals surface area (Å²) in [6, 6.07) is 10.4. The van der Waals surface area contributed by atoms with E-state index in [-0.39, 0.29) is 5.56 Å². The largest absolute Gasteiger partial charge is 0.477 e. The SMILES string of the molecule is COC(=O)[C@@H](C)Oc1ccc(C=Nn2c(C(C)(C)C)nc3ccc(Br)cc3c2=O)cc1Cl. The Labute approximate surface area is 199 Å². The van der Waals surface area contributed by atoms with E-state index in [1.807, 2.05) is 26.8 Å². The summed E-state index contributed by atoms with van der Waals surface area (Å²) in [4.78, 5) is 29.5. The van der Waals surface area contributed by atoms with Crippen LogP contribution >= 0.6 is 27.5 Å². The summed E-state index contributed by atoms with van der Waals surface area (Å²) >= 11 is 9.71.